The van der Waals surface area contributed by atoms with E-state index in [1.54, 1.807) is 0 Å². The highest BCUT2D eigenvalue weighted by Gasteiger charge is 2.22. The zero-order valence-electron chi connectivity index (χ0n) is 13.0. The first-order chi connectivity index (χ1) is 10.8. The summed E-state index contributed by atoms with van der Waals surface area (Å²) in [7, 11) is 0. The number of nitrogens with one attached hydrogen (secondary N) is 1. The Hall–Kier alpha value is -2.10. The molecule has 2 aromatic rings. The standard InChI is InChI=1S/C19H23N3/c1-2-3-8-15-9-7-10-16(13-15)18-14-19(20)21-22(18)17-11-5-4-6-12-17/h4-7,9-14,19,21H,2-3,8,20H2,1H3. The molecule has 3 nitrogen and oxygen atoms in total. The molecule has 2 aromatic carbocycles. The number of rotatable bonds is 5. The molecule has 1 atom stereocenters. The molecule has 3 heteroatoms. The number of aryl methyl sites for hydroxylation is 1. The molecule has 1 heterocycles. The molecule has 0 bridgehead atoms. The molecule has 3 N–H and O–H groups in total. The van der Waals surface area contributed by atoms with Gasteiger partial charge in [-0.05, 0) is 48.2 Å². The number of hydrogen-bond donors (Lipinski definition) is 2. The molecule has 0 saturated heterocycles. The largest absolute Gasteiger partial charge is 0.311 e. The molecular formula is C19H23N3. The molecule has 0 radical (unpaired) electrons. The van der Waals surface area contributed by atoms with Crippen LogP contribution < -0.4 is 16.2 Å². The van der Waals surface area contributed by atoms with Crippen LogP contribution in [0.25, 0.3) is 5.70 Å². The molecule has 0 saturated carbocycles. The van der Waals surface area contributed by atoms with Crippen LogP contribution in [0.1, 0.15) is 30.9 Å². The lowest BCUT2D eigenvalue weighted by Gasteiger charge is -2.23. The number of anilines is 1. The average molecular weight is 293 g/mol. The number of benzene rings is 2. The Bertz CT molecular complexity index is 649. The molecular weight excluding hydrogens is 270 g/mol. The Balaban J connectivity index is 1.90. The van der Waals surface area contributed by atoms with Crippen LogP contribution >= 0.6 is 0 Å². The second-order valence-corrected chi connectivity index (χ2v) is 5.68. The van der Waals surface area contributed by atoms with Crippen molar-refractivity contribution >= 4 is 11.4 Å². The Morgan fingerprint density at radius 3 is 2.68 bits per heavy atom. The zero-order chi connectivity index (χ0) is 15.4. The third-order valence-corrected chi connectivity index (χ3v) is 3.91. The summed E-state index contributed by atoms with van der Waals surface area (Å²) in [4.78, 5) is 0. The van der Waals surface area contributed by atoms with Gasteiger partial charge in [0.15, 0.2) is 0 Å². The number of nitrogens with zero attached hydrogens (tertiary/aromatic N) is 1. The predicted octanol–water partition coefficient (Wildman–Crippen LogP) is 3.68. The highest BCUT2D eigenvalue weighted by molar-refractivity contribution is 5.81. The number of hydrazine groups is 1. The molecule has 1 unspecified atom stereocenters. The van der Waals surface area contributed by atoms with Crippen LogP contribution in [0.2, 0.25) is 0 Å². The van der Waals surface area contributed by atoms with Crippen molar-refractivity contribution in [1.29, 1.82) is 0 Å². The van der Waals surface area contributed by atoms with Crippen molar-refractivity contribution in [3.05, 3.63) is 71.8 Å². The Labute approximate surface area is 132 Å². The fourth-order valence-electron chi connectivity index (χ4n) is 2.78. The van der Waals surface area contributed by atoms with Crippen molar-refractivity contribution in [3.8, 4) is 0 Å². The summed E-state index contributed by atoms with van der Waals surface area (Å²) in [5, 5.41) is 2.07. The molecule has 22 heavy (non-hydrogen) atoms. The lowest BCUT2D eigenvalue weighted by atomic mass is 10.0. The van der Waals surface area contributed by atoms with E-state index in [0.717, 1.165) is 17.8 Å². The number of unbranched alkanes of at least 4 members (excludes halogenated alkanes) is 1. The first-order valence-corrected chi connectivity index (χ1v) is 7.96. The molecule has 0 aliphatic carbocycles. The molecule has 0 aromatic heterocycles. The third-order valence-electron chi connectivity index (χ3n) is 3.91. The van der Waals surface area contributed by atoms with Crippen molar-refractivity contribution in [2.24, 2.45) is 5.73 Å². The smallest absolute Gasteiger partial charge is 0.0942 e. The lowest BCUT2D eigenvalue weighted by molar-refractivity contribution is 0.662. The molecule has 3 rings (SSSR count). The van der Waals surface area contributed by atoms with Crippen molar-refractivity contribution in [1.82, 2.24) is 5.43 Å². The fraction of sp³-hybridized carbons (Fsp3) is 0.263. The first kappa shape index (κ1) is 14.8. The van der Waals surface area contributed by atoms with Gasteiger partial charge in [0.1, 0.15) is 0 Å². The van der Waals surface area contributed by atoms with Gasteiger partial charge in [0.05, 0.1) is 17.6 Å². The van der Waals surface area contributed by atoms with E-state index in [4.69, 9.17) is 5.73 Å². The van der Waals surface area contributed by atoms with E-state index in [1.165, 1.54) is 24.0 Å². The quantitative estimate of drug-likeness (QED) is 0.883. The van der Waals surface area contributed by atoms with Gasteiger partial charge in [0, 0.05) is 0 Å². The molecule has 0 spiro atoms. The van der Waals surface area contributed by atoms with Crippen molar-refractivity contribution in [2.45, 2.75) is 32.4 Å². The monoisotopic (exact) mass is 293 g/mol. The van der Waals surface area contributed by atoms with Gasteiger partial charge >= 0.3 is 0 Å². The highest BCUT2D eigenvalue weighted by Crippen LogP contribution is 2.28. The van der Waals surface area contributed by atoms with Gasteiger partial charge in [-0.1, -0.05) is 49.7 Å². The van der Waals surface area contributed by atoms with Gasteiger partial charge in [-0.2, -0.15) is 0 Å². The van der Waals surface area contributed by atoms with E-state index in [-0.39, 0.29) is 6.17 Å². The Morgan fingerprint density at radius 1 is 1.09 bits per heavy atom. The third kappa shape index (κ3) is 3.21. The predicted molar refractivity (Wildman–Crippen MR) is 93.1 cm³/mol. The van der Waals surface area contributed by atoms with Crippen molar-refractivity contribution in [3.63, 3.8) is 0 Å². The van der Waals surface area contributed by atoms with Gasteiger partial charge < -0.3 is 5.73 Å². The minimum absolute atomic E-state index is 0.158. The number of nitrogens with two attached hydrogens (primary N) is 1. The van der Waals surface area contributed by atoms with Crippen LogP contribution in [0.15, 0.2) is 60.7 Å². The summed E-state index contributed by atoms with van der Waals surface area (Å²) >= 11 is 0. The normalized spacial score (nSPS) is 17.6. The van der Waals surface area contributed by atoms with E-state index < -0.39 is 0 Å². The summed E-state index contributed by atoms with van der Waals surface area (Å²) in [6.07, 6.45) is 5.49. The molecule has 0 amide bonds. The van der Waals surface area contributed by atoms with Gasteiger partial charge in [-0.3, -0.25) is 5.01 Å². The minimum Gasteiger partial charge on any atom is -0.311 e. The summed E-state index contributed by atoms with van der Waals surface area (Å²) in [5.41, 5.74) is 14.2. The summed E-state index contributed by atoms with van der Waals surface area (Å²) in [6, 6.07) is 19.0. The van der Waals surface area contributed by atoms with E-state index >= 15 is 0 Å². The van der Waals surface area contributed by atoms with Crippen LogP contribution in [0, 0.1) is 0 Å². The van der Waals surface area contributed by atoms with Gasteiger partial charge in [0.2, 0.25) is 0 Å². The second-order valence-electron chi connectivity index (χ2n) is 5.68. The fourth-order valence-corrected chi connectivity index (χ4v) is 2.78. The molecule has 114 valence electrons. The summed E-state index contributed by atoms with van der Waals surface area (Å²) in [5.74, 6) is 0. The Morgan fingerprint density at radius 2 is 1.91 bits per heavy atom. The van der Waals surface area contributed by atoms with Gasteiger partial charge in [-0.15, -0.1) is 0 Å². The van der Waals surface area contributed by atoms with Crippen LogP contribution in [0.5, 0.6) is 0 Å². The molecule has 0 fully saturated rings. The van der Waals surface area contributed by atoms with E-state index in [9.17, 15) is 0 Å². The first-order valence-electron chi connectivity index (χ1n) is 7.96. The van der Waals surface area contributed by atoms with Crippen molar-refractivity contribution < 1.29 is 0 Å². The SMILES string of the molecule is CCCCc1cccc(C2=CC(N)NN2c2ccccc2)c1. The Kier molecular flexibility index (Phi) is 4.56. The maximum absolute atomic E-state index is 6.08. The number of para-hydroxylation sites is 1. The maximum Gasteiger partial charge on any atom is 0.0942 e. The van der Waals surface area contributed by atoms with Crippen LogP contribution in [0.4, 0.5) is 5.69 Å². The molecule has 1 aliphatic rings. The average Bonchev–Trinajstić information content (AvgIpc) is 2.96. The topological polar surface area (TPSA) is 41.3 Å². The van der Waals surface area contributed by atoms with Crippen LogP contribution in [0.3, 0.4) is 0 Å². The van der Waals surface area contributed by atoms with E-state index in [2.05, 4.69) is 59.8 Å². The zero-order valence-corrected chi connectivity index (χ0v) is 13.0. The minimum atomic E-state index is -0.158. The van der Waals surface area contributed by atoms with Crippen LogP contribution in [-0.4, -0.2) is 6.17 Å². The van der Waals surface area contributed by atoms with E-state index in [0.29, 0.717) is 0 Å². The lowest BCUT2D eigenvalue weighted by Crippen LogP contribution is -2.41. The summed E-state index contributed by atoms with van der Waals surface area (Å²) < 4.78 is 0. The van der Waals surface area contributed by atoms with Gasteiger partial charge in [0.25, 0.3) is 0 Å². The maximum atomic E-state index is 6.08. The van der Waals surface area contributed by atoms with Gasteiger partial charge in [-0.25, -0.2) is 5.43 Å². The van der Waals surface area contributed by atoms with Crippen molar-refractivity contribution in [2.75, 3.05) is 5.01 Å². The van der Waals surface area contributed by atoms with E-state index in [1.807, 2.05) is 18.2 Å². The second kappa shape index (κ2) is 6.77. The molecule has 1 aliphatic heterocycles. The summed E-state index contributed by atoms with van der Waals surface area (Å²) in [6.45, 7) is 2.23. The highest BCUT2D eigenvalue weighted by atomic mass is 15.6. The number of hydrogen-bond acceptors (Lipinski definition) is 3. The van der Waals surface area contributed by atoms with Crippen LogP contribution in [-0.2, 0) is 6.42 Å².